The lowest BCUT2D eigenvalue weighted by Crippen LogP contribution is -2.29. The van der Waals surface area contributed by atoms with Crippen LogP contribution in [0.5, 0.6) is 11.5 Å². The first-order valence-electron chi connectivity index (χ1n) is 13.4. The maximum Gasteiger partial charge on any atom is 0.301 e. The number of anilines is 1. The molecule has 1 aromatic heterocycles. The van der Waals surface area contributed by atoms with Crippen LogP contribution in [0.4, 0.5) is 5.13 Å². The van der Waals surface area contributed by atoms with Gasteiger partial charge in [0, 0.05) is 22.8 Å². The minimum atomic E-state index is -0.934. The Hall–Kier alpha value is -3.86. The number of halogens is 1. The Labute approximate surface area is 255 Å². The van der Waals surface area contributed by atoms with Crippen LogP contribution in [-0.4, -0.2) is 39.7 Å². The third-order valence-electron chi connectivity index (χ3n) is 6.98. The normalized spacial score (nSPS) is 19.2. The number of aliphatic hydroxyl groups excluding tert-OH is 1. The largest absolute Gasteiger partial charge is 0.507 e. The average Bonchev–Trinajstić information content (AvgIpc) is 3.67. The Balaban J connectivity index is 1.39. The Morgan fingerprint density at radius 1 is 1.14 bits per heavy atom. The molecule has 6 rings (SSSR count). The minimum absolute atomic E-state index is 0.0217. The van der Waals surface area contributed by atoms with E-state index in [4.69, 9.17) is 21.1 Å². The van der Waals surface area contributed by atoms with Gasteiger partial charge >= 0.3 is 5.91 Å². The van der Waals surface area contributed by atoms with E-state index < -0.39 is 17.7 Å². The highest BCUT2D eigenvalue weighted by atomic mass is 35.5. The third kappa shape index (κ3) is 5.49. The van der Waals surface area contributed by atoms with Crippen LogP contribution >= 0.6 is 34.7 Å². The predicted molar refractivity (Wildman–Crippen MR) is 164 cm³/mol. The second-order valence-electron chi connectivity index (χ2n) is 9.90. The molecule has 3 aromatic carbocycles. The van der Waals surface area contributed by atoms with Crippen molar-refractivity contribution >= 4 is 57.3 Å². The summed E-state index contributed by atoms with van der Waals surface area (Å²) in [6.07, 6.45) is 0.708. The lowest BCUT2D eigenvalue weighted by atomic mass is 9.94. The highest BCUT2D eigenvalue weighted by Crippen LogP contribution is 2.45. The van der Waals surface area contributed by atoms with Gasteiger partial charge in [0.15, 0.2) is 4.34 Å². The standard InChI is InChI=1S/C31H26ClN3O5S2/c1-3-39-23-6-4-5-19(15-23)26-25(27(36)20-9-12-24-21(14-20)13-17(2)40-24)28(37)29(38)35(26)30-33-34-31(42-30)41-16-18-7-10-22(32)11-8-18/h4-12,14-15,17,26,36H,3,13,16H2,1-2H3/t17-,26+/m1/s1. The van der Waals surface area contributed by atoms with Crippen molar-refractivity contribution in [2.24, 2.45) is 0 Å². The second kappa shape index (κ2) is 11.8. The molecule has 0 saturated carbocycles. The van der Waals surface area contributed by atoms with Gasteiger partial charge in [0.1, 0.15) is 23.4 Å². The zero-order chi connectivity index (χ0) is 29.4. The number of carbonyl (C=O) groups excluding carboxylic acids is 2. The number of hydrogen-bond acceptors (Lipinski definition) is 9. The van der Waals surface area contributed by atoms with E-state index in [-0.39, 0.29) is 22.6 Å². The molecule has 0 bridgehead atoms. The number of ketones is 1. The maximum absolute atomic E-state index is 13.6. The van der Waals surface area contributed by atoms with E-state index in [0.717, 1.165) is 16.9 Å². The van der Waals surface area contributed by atoms with Crippen LogP contribution in [0.3, 0.4) is 0 Å². The number of hydrogen-bond donors (Lipinski definition) is 1. The summed E-state index contributed by atoms with van der Waals surface area (Å²) in [4.78, 5) is 28.5. The summed E-state index contributed by atoms with van der Waals surface area (Å²) < 4.78 is 12.1. The van der Waals surface area contributed by atoms with Gasteiger partial charge < -0.3 is 14.6 Å². The first kappa shape index (κ1) is 28.3. The summed E-state index contributed by atoms with van der Waals surface area (Å²) in [5.41, 5.74) is 3.01. The number of aromatic nitrogens is 2. The molecule has 2 aliphatic heterocycles. The van der Waals surface area contributed by atoms with Crippen molar-refractivity contribution in [3.8, 4) is 11.5 Å². The van der Waals surface area contributed by atoms with E-state index in [9.17, 15) is 14.7 Å². The van der Waals surface area contributed by atoms with Gasteiger partial charge in [-0.05, 0) is 73.0 Å². The molecule has 3 heterocycles. The highest BCUT2D eigenvalue weighted by Gasteiger charge is 2.48. The van der Waals surface area contributed by atoms with E-state index in [0.29, 0.717) is 45.0 Å². The Kier molecular flexibility index (Phi) is 7.94. The van der Waals surface area contributed by atoms with Gasteiger partial charge in [-0.2, -0.15) is 0 Å². The molecule has 8 nitrogen and oxygen atoms in total. The molecule has 1 saturated heterocycles. The smallest absolute Gasteiger partial charge is 0.301 e. The summed E-state index contributed by atoms with van der Waals surface area (Å²) in [6.45, 7) is 4.30. The molecule has 4 aromatic rings. The van der Waals surface area contributed by atoms with Gasteiger partial charge in [0.05, 0.1) is 18.2 Å². The molecular formula is C31H26ClN3O5S2. The van der Waals surface area contributed by atoms with Crippen LogP contribution in [0, 0.1) is 0 Å². The number of carbonyl (C=O) groups is 2. The molecule has 1 amide bonds. The molecule has 2 atom stereocenters. The summed E-state index contributed by atoms with van der Waals surface area (Å²) >= 11 is 8.68. The van der Waals surface area contributed by atoms with Gasteiger partial charge in [-0.1, -0.05) is 59.0 Å². The minimum Gasteiger partial charge on any atom is -0.507 e. The molecule has 1 N–H and O–H groups in total. The van der Waals surface area contributed by atoms with Crippen LogP contribution in [0.1, 0.15) is 42.1 Å². The number of nitrogens with zero attached hydrogens (tertiary/aromatic N) is 3. The second-order valence-corrected chi connectivity index (χ2v) is 12.5. The number of thioether (sulfide) groups is 1. The molecule has 1 fully saturated rings. The van der Waals surface area contributed by atoms with Crippen molar-refractivity contribution < 1.29 is 24.2 Å². The fourth-order valence-electron chi connectivity index (χ4n) is 5.10. The molecule has 0 unspecified atom stereocenters. The van der Waals surface area contributed by atoms with Crippen molar-refractivity contribution in [1.29, 1.82) is 0 Å². The number of ether oxygens (including phenoxy) is 2. The molecule has 11 heteroatoms. The van der Waals surface area contributed by atoms with Crippen molar-refractivity contribution in [1.82, 2.24) is 10.2 Å². The highest BCUT2D eigenvalue weighted by molar-refractivity contribution is 8.00. The van der Waals surface area contributed by atoms with Crippen molar-refractivity contribution in [2.45, 2.75) is 42.5 Å². The first-order chi connectivity index (χ1) is 20.3. The number of aliphatic hydroxyl groups is 1. The monoisotopic (exact) mass is 619 g/mol. The number of Topliss-reactive ketones (excluding diaryl/α,β-unsaturated/α-hetero) is 1. The van der Waals surface area contributed by atoms with Gasteiger partial charge in [0.2, 0.25) is 5.13 Å². The van der Waals surface area contributed by atoms with E-state index in [1.165, 1.54) is 28.0 Å². The van der Waals surface area contributed by atoms with Crippen LogP contribution in [0.15, 0.2) is 76.6 Å². The molecule has 0 aliphatic carbocycles. The number of fused-ring (bicyclic) bond motifs is 1. The lowest BCUT2D eigenvalue weighted by Gasteiger charge is -2.23. The number of rotatable bonds is 8. The van der Waals surface area contributed by atoms with E-state index in [1.54, 1.807) is 36.4 Å². The molecule has 0 spiro atoms. The number of benzene rings is 3. The summed E-state index contributed by atoms with van der Waals surface area (Å²) in [7, 11) is 0. The van der Waals surface area contributed by atoms with Crippen LogP contribution in [0.2, 0.25) is 5.02 Å². The SMILES string of the molecule is CCOc1cccc([C@H]2C(=C(O)c3ccc4c(c3)C[C@@H](C)O4)C(=O)C(=O)N2c2nnc(SCc3ccc(Cl)cc3)s2)c1. The lowest BCUT2D eigenvalue weighted by molar-refractivity contribution is -0.132. The Morgan fingerprint density at radius 3 is 2.74 bits per heavy atom. The summed E-state index contributed by atoms with van der Waals surface area (Å²) in [6, 6.07) is 19.1. The van der Waals surface area contributed by atoms with Gasteiger partial charge in [0.25, 0.3) is 5.78 Å². The summed E-state index contributed by atoms with van der Waals surface area (Å²) in [5.74, 6) is 0.123. The van der Waals surface area contributed by atoms with Crippen molar-refractivity contribution in [3.63, 3.8) is 0 Å². The van der Waals surface area contributed by atoms with E-state index in [1.807, 2.05) is 44.2 Å². The van der Waals surface area contributed by atoms with Crippen molar-refractivity contribution in [3.05, 3.63) is 99.6 Å². The van der Waals surface area contributed by atoms with Crippen LogP contribution in [-0.2, 0) is 21.8 Å². The molecule has 2 aliphatic rings. The first-order valence-corrected chi connectivity index (χ1v) is 15.5. The Bertz CT molecular complexity index is 1700. The number of amides is 1. The van der Waals surface area contributed by atoms with Gasteiger partial charge in [-0.15, -0.1) is 10.2 Å². The average molecular weight is 620 g/mol. The zero-order valence-corrected chi connectivity index (χ0v) is 25.1. The van der Waals surface area contributed by atoms with Gasteiger partial charge in [-0.25, -0.2) is 0 Å². The van der Waals surface area contributed by atoms with Crippen LogP contribution in [0.25, 0.3) is 5.76 Å². The third-order valence-corrected chi connectivity index (χ3v) is 9.36. The van der Waals surface area contributed by atoms with Crippen LogP contribution < -0.4 is 14.4 Å². The molecule has 0 radical (unpaired) electrons. The van der Waals surface area contributed by atoms with Gasteiger partial charge in [-0.3, -0.25) is 14.5 Å². The van der Waals surface area contributed by atoms with Crippen molar-refractivity contribution in [2.75, 3.05) is 11.5 Å². The Morgan fingerprint density at radius 2 is 1.95 bits per heavy atom. The fourth-order valence-corrected chi connectivity index (χ4v) is 7.04. The van der Waals surface area contributed by atoms with E-state index in [2.05, 4.69) is 10.2 Å². The zero-order valence-electron chi connectivity index (χ0n) is 22.7. The fraction of sp³-hybridized carbons (Fsp3) is 0.226. The quantitative estimate of drug-likeness (QED) is 0.0753. The predicted octanol–water partition coefficient (Wildman–Crippen LogP) is 6.83. The van der Waals surface area contributed by atoms with E-state index >= 15 is 0 Å². The summed E-state index contributed by atoms with van der Waals surface area (Å²) in [5, 5.41) is 21.1. The molecule has 214 valence electrons. The maximum atomic E-state index is 13.6. The molecular weight excluding hydrogens is 594 g/mol. The topological polar surface area (TPSA) is 102 Å². The molecule has 42 heavy (non-hydrogen) atoms.